The summed E-state index contributed by atoms with van der Waals surface area (Å²) < 4.78 is 0. The molecule has 1 saturated carbocycles. The number of hydrogen-bond donors (Lipinski definition) is 1. The Morgan fingerprint density at radius 3 is 2.94 bits per heavy atom. The zero-order valence-corrected chi connectivity index (χ0v) is 10.2. The number of hydrogen-bond acceptors (Lipinski definition) is 5. The molecule has 0 spiro atoms. The van der Waals surface area contributed by atoms with E-state index in [4.69, 9.17) is 5.73 Å². The summed E-state index contributed by atoms with van der Waals surface area (Å²) in [6, 6.07) is 2.59. The van der Waals surface area contributed by atoms with Gasteiger partial charge in [0, 0.05) is 18.7 Å². The summed E-state index contributed by atoms with van der Waals surface area (Å²) in [7, 11) is 0. The smallest absolute Gasteiger partial charge is 0.191 e. The lowest BCUT2D eigenvalue weighted by molar-refractivity contribution is 0.549. The number of anilines is 2. The first-order chi connectivity index (χ1) is 7.76. The molecule has 1 aromatic rings. The van der Waals surface area contributed by atoms with Gasteiger partial charge in [-0.15, -0.1) is 0 Å². The molecular weight excluding hydrogens is 220 g/mol. The van der Waals surface area contributed by atoms with Gasteiger partial charge in [-0.2, -0.15) is 0 Å². The number of piperidine rings is 1. The van der Waals surface area contributed by atoms with E-state index < -0.39 is 0 Å². The van der Waals surface area contributed by atoms with Gasteiger partial charge in [-0.3, -0.25) is 0 Å². The zero-order valence-electron chi connectivity index (χ0n) is 9.39. The summed E-state index contributed by atoms with van der Waals surface area (Å²) in [5, 5.41) is 0.776. The van der Waals surface area contributed by atoms with Crippen molar-refractivity contribution < 1.29 is 0 Å². The summed E-state index contributed by atoms with van der Waals surface area (Å²) in [6.07, 6.45) is 6.01. The average Bonchev–Trinajstić information content (AvgIpc) is 2.89. The van der Waals surface area contributed by atoms with Gasteiger partial charge in [-0.25, -0.2) is 9.97 Å². The molecule has 2 bridgehead atoms. The van der Waals surface area contributed by atoms with E-state index in [1.54, 1.807) is 11.8 Å². The highest BCUT2D eigenvalue weighted by Gasteiger charge is 2.38. The fourth-order valence-electron chi connectivity index (χ4n) is 2.87. The predicted octanol–water partition coefficient (Wildman–Crippen LogP) is 1.77. The van der Waals surface area contributed by atoms with Crippen LogP contribution >= 0.6 is 11.8 Å². The molecule has 2 aliphatic rings. The van der Waals surface area contributed by atoms with Gasteiger partial charge in [-0.1, -0.05) is 11.8 Å². The van der Waals surface area contributed by atoms with Crippen LogP contribution in [0.15, 0.2) is 11.2 Å². The minimum absolute atomic E-state index is 0.581. The first-order valence-corrected chi connectivity index (χ1v) is 6.94. The maximum Gasteiger partial charge on any atom is 0.191 e. The zero-order chi connectivity index (χ0) is 11.1. The molecule has 2 N–H and O–H groups in total. The minimum Gasteiger partial charge on any atom is -0.383 e. The van der Waals surface area contributed by atoms with Crippen LogP contribution in [0.2, 0.25) is 0 Å². The third kappa shape index (κ3) is 1.63. The van der Waals surface area contributed by atoms with Crippen LogP contribution in [0.5, 0.6) is 0 Å². The molecule has 5 heteroatoms. The topological polar surface area (TPSA) is 55.0 Å². The number of aromatic nitrogens is 2. The highest BCUT2D eigenvalue weighted by molar-refractivity contribution is 7.98. The lowest BCUT2D eigenvalue weighted by atomic mass is 10.1. The second kappa shape index (κ2) is 3.80. The van der Waals surface area contributed by atoms with Crippen molar-refractivity contribution in [2.75, 3.05) is 23.4 Å². The van der Waals surface area contributed by atoms with E-state index in [0.717, 1.165) is 23.4 Å². The third-order valence-corrected chi connectivity index (χ3v) is 4.15. The van der Waals surface area contributed by atoms with Crippen molar-refractivity contribution in [3.05, 3.63) is 6.07 Å². The van der Waals surface area contributed by atoms with Crippen molar-refractivity contribution >= 4 is 23.4 Å². The molecule has 2 fully saturated rings. The minimum atomic E-state index is 0.581. The number of thioether (sulfide) groups is 1. The highest BCUT2D eigenvalue weighted by Crippen LogP contribution is 2.39. The van der Waals surface area contributed by atoms with E-state index in [9.17, 15) is 0 Å². The Kier molecular flexibility index (Phi) is 2.42. The second-order valence-electron chi connectivity index (χ2n) is 4.62. The van der Waals surface area contributed by atoms with E-state index >= 15 is 0 Å². The molecule has 0 aromatic carbocycles. The molecule has 1 aliphatic heterocycles. The van der Waals surface area contributed by atoms with Crippen LogP contribution in [0.25, 0.3) is 0 Å². The molecule has 0 radical (unpaired) electrons. The summed E-state index contributed by atoms with van der Waals surface area (Å²) in [5.74, 6) is 2.47. The Labute approximate surface area is 99.6 Å². The summed E-state index contributed by atoms with van der Waals surface area (Å²) >= 11 is 1.55. The van der Waals surface area contributed by atoms with Crippen LogP contribution in [-0.2, 0) is 0 Å². The quantitative estimate of drug-likeness (QED) is 0.626. The average molecular weight is 236 g/mol. The largest absolute Gasteiger partial charge is 0.383 e. The first-order valence-electron chi connectivity index (χ1n) is 5.71. The molecule has 0 amide bonds. The number of fused-ring (bicyclic) bond motifs is 2. The fraction of sp³-hybridized carbons (Fsp3) is 0.636. The van der Waals surface area contributed by atoms with Crippen molar-refractivity contribution in [1.29, 1.82) is 0 Å². The van der Waals surface area contributed by atoms with E-state index in [0.29, 0.717) is 11.9 Å². The van der Waals surface area contributed by atoms with Gasteiger partial charge in [0.25, 0.3) is 0 Å². The Morgan fingerprint density at radius 1 is 1.44 bits per heavy atom. The number of rotatable bonds is 2. The maximum atomic E-state index is 5.81. The monoisotopic (exact) mass is 236 g/mol. The van der Waals surface area contributed by atoms with Crippen molar-refractivity contribution in [1.82, 2.24) is 9.97 Å². The van der Waals surface area contributed by atoms with Gasteiger partial charge in [0.1, 0.15) is 11.6 Å². The van der Waals surface area contributed by atoms with Gasteiger partial charge in [0.05, 0.1) is 0 Å². The molecule has 2 unspecified atom stereocenters. The maximum absolute atomic E-state index is 5.81. The number of nitrogen functional groups attached to an aromatic ring is 1. The van der Waals surface area contributed by atoms with Gasteiger partial charge < -0.3 is 10.6 Å². The van der Waals surface area contributed by atoms with Crippen molar-refractivity contribution in [2.45, 2.75) is 30.5 Å². The Balaban J connectivity index is 1.91. The van der Waals surface area contributed by atoms with Crippen LogP contribution in [0, 0.1) is 5.92 Å². The van der Waals surface area contributed by atoms with Crippen molar-refractivity contribution in [3.63, 3.8) is 0 Å². The van der Waals surface area contributed by atoms with E-state index in [2.05, 4.69) is 14.9 Å². The van der Waals surface area contributed by atoms with E-state index in [1.165, 1.54) is 19.3 Å². The Bertz CT molecular complexity index is 409. The molecule has 2 atom stereocenters. The molecule has 4 nitrogen and oxygen atoms in total. The molecule has 16 heavy (non-hydrogen) atoms. The van der Waals surface area contributed by atoms with Gasteiger partial charge in [-0.05, 0) is 31.4 Å². The third-order valence-electron chi connectivity index (χ3n) is 3.60. The Hall–Kier alpha value is -0.970. The SMILES string of the molecule is CSc1nc(N)cc(N2CC3CCC2C3)n1. The summed E-state index contributed by atoms with van der Waals surface area (Å²) in [5.41, 5.74) is 5.81. The molecule has 86 valence electrons. The van der Waals surface area contributed by atoms with E-state index in [-0.39, 0.29) is 0 Å². The van der Waals surface area contributed by atoms with Gasteiger partial charge in [0.2, 0.25) is 0 Å². The second-order valence-corrected chi connectivity index (χ2v) is 5.40. The van der Waals surface area contributed by atoms with E-state index in [1.807, 2.05) is 12.3 Å². The van der Waals surface area contributed by atoms with Crippen LogP contribution < -0.4 is 10.6 Å². The van der Waals surface area contributed by atoms with Crippen LogP contribution in [0.1, 0.15) is 19.3 Å². The molecule has 3 rings (SSSR count). The molecular formula is C11H16N4S. The standard InChI is InChI=1S/C11H16N4S/c1-16-11-13-9(12)5-10(14-11)15-6-7-2-3-8(15)4-7/h5,7-8H,2-4,6H2,1H3,(H2,12,13,14). The molecule has 1 saturated heterocycles. The van der Waals surface area contributed by atoms with Crippen molar-refractivity contribution in [3.8, 4) is 0 Å². The summed E-state index contributed by atoms with van der Waals surface area (Å²) in [6.45, 7) is 1.15. The lowest BCUT2D eigenvalue weighted by Gasteiger charge is -2.28. The highest BCUT2D eigenvalue weighted by atomic mass is 32.2. The Morgan fingerprint density at radius 2 is 2.31 bits per heavy atom. The van der Waals surface area contributed by atoms with Crippen LogP contribution in [-0.4, -0.2) is 28.8 Å². The number of nitrogens with two attached hydrogens (primary N) is 1. The predicted molar refractivity (Wildman–Crippen MR) is 66.7 cm³/mol. The fourth-order valence-corrected chi connectivity index (χ4v) is 3.26. The van der Waals surface area contributed by atoms with Crippen LogP contribution in [0.3, 0.4) is 0 Å². The van der Waals surface area contributed by atoms with Gasteiger partial charge in [0.15, 0.2) is 5.16 Å². The normalized spacial score (nSPS) is 27.7. The molecule has 1 aliphatic carbocycles. The van der Waals surface area contributed by atoms with Gasteiger partial charge >= 0.3 is 0 Å². The molecule has 2 heterocycles. The first kappa shape index (κ1) is 10.2. The number of nitrogens with zero attached hydrogens (tertiary/aromatic N) is 3. The van der Waals surface area contributed by atoms with Crippen molar-refractivity contribution in [2.24, 2.45) is 5.92 Å². The lowest BCUT2D eigenvalue weighted by Crippen LogP contribution is -2.32. The van der Waals surface area contributed by atoms with Crippen LogP contribution in [0.4, 0.5) is 11.6 Å². The summed E-state index contributed by atoms with van der Waals surface area (Å²) in [4.78, 5) is 11.1. The molecule has 1 aromatic heterocycles.